The molecule has 0 saturated carbocycles. The summed E-state index contributed by atoms with van der Waals surface area (Å²) in [5.74, 6) is 0.0727. The maximum atomic E-state index is 12.8. The molecular weight excluding hydrogens is 400 g/mol. The summed E-state index contributed by atoms with van der Waals surface area (Å²) in [5, 5.41) is 15.9. The summed E-state index contributed by atoms with van der Waals surface area (Å²) in [6.45, 7) is 0.674. The Labute approximate surface area is 178 Å². The average Bonchev–Trinajstić information content (AvgIpc) is 3.38. The number of fused-ring (bicyclic) bond motifs is 1. The highest BCUT2D eigenvalue weighted by molar-refractivity contribution is 5.71. The molecule has 0 saturated heterocycles. The molecule has 0 amide bonds. The third-order valence-electron chi connectivity index (χ3n) is 5.58. The van der Waals surface area contributed by atoms with Gasteiger partial charge in [-0.25, -0.2) is 0 Å². The van der Waals surface area contributed by atoms with Crippen molar-refractivity contribution < 1.29 is 24.1 Å². The first-order chi connectivity index (χ1) is 15.0. The summed E-state index contributed by atoms with van der Waals surface area (Å²) < 4.78 is 15.5. The Morgan fingerprint density at radius 1 is 1.19 bits per heavy atom. The highest BCUT2D eigenvalue weighted by Gasteiger charge is 2.27. The lowest BCUT2D eigenvalue weighted by Crippen LogP contribution is -2.18. The van der Waals surface area contributed by atoms with Gasteiger partial charge in [0.05, 0.1) is 27.2 Å². The SMILES string of the molecule is COC(=O)C[C@H](c1ccc(OC)c(O)c1)c1c(Cc2ccc3c(c2)CCO3)[nH][nH]c1=O. The Hall–Kier alpha value is -3.68. The number of aromatic hydroxyl groups is 1. The first kappa shape index (κ1) is 20.6. The summed E-state index contributed by atoms with van der Waals surface area (Å²) in [6.07, 6.45) is 1.28. The molecule has 0 fully saturated rings. The number of nitrogens with one attached hydrogen (secondary N) is 2. The summed E-state index contributed by atoms with van der Waals surface area (Å²) in [7, 11) is 2.76. The highest BCUT2D eigenvalue weighted by Crippen LogP contribution is 2.35. The minimum Gasteiger partial charge on any atom is -0.504 e. The number of phenols is 1. The van der Waals surface area contributed by atoms with Gasteiger partial charge >= 0.3 is 5.97 Å². The number of benzene rings is 2. The normalized spacial score (nSPS) is 13.4. The van der Waals surface area contributed by atoms with Gasteiger partial charge in [-0.15, -0.1) is 0 Å². The summed E-state index contributed by atoms with van der Waals surface area (Å²) in [4.78, 5) is 24.9. The monoisotopic (exact) mass is 424 g/mol. The number of phenolic OH excluding ortho intramolecular Hbond substituents is 1. The van der Waals surface area contributed by atoms with Crippen molar-refractivity contribution in [1.82, 2.24) is 10.2 Å². The van der Waals surface area contributed by atoms with Gasteiger partial charge in [-0.3, -0.25) is 14.7 Å². The lowest BCUT2D eigenvalue weighted by molar-refractivity contribution is -0.140. The van der Waals surface area contributed by atoms with Crippen LogP contribution in [0.1, 0.15) is 40.3 Å². The Bertz CT molecular complexity index is 1160. The van der Waals surface area contributed by atoms with Crippen LogP contribution in [-0.4, -0.2) is 42.1 Å². The molecule has 8 heteroatoms. The molecule has 0 radical (unpaired) electrons. The van der Waals surface area contributed by atoms with E-state index in [1.807, 2.05) is 12.1 Å². The zero-order valence-electron chi connectivity index (χ0n) is 17.4. The number of esters is 1. The lowest BCUT2D eigenvalue weighted by atomic mass is 9.87. The van der Waals surface area contributed by atoms with E-state index in [9.17, 15) is 14.7 Å². The maximum absolute atomic E-state index is 12.8. The maximum Gasteiger partial charge on any atom is 0.306 e. The van der Waals surface area contributed by atoms with E-state index < -0.39 is 11.9 Å². The third-order valence-corrected chi connectivity index (χ3v) is 5.58. The van der Waals surface area contributed by atoms with Gasteiger partial charge in [0.2, 0.25) is 0 Å². The number of hydrogen-bond donors (Lipinski definition) is 3. The molecule has 3 N–H and O–H groups in total. The van der Waals surface area contributed by atoms with E-state index in [1.165, 1.54) is 20.3 Å². The van der Waals surface area contributed by atoms with Gasteiger partial charge in [0.1, 0.15) is 5.75 Å². The molecular formula is C23H24N2O6. The zero-order chi connectivity index (χ0) is 22.0. The predicted octanol–water partition coefficient (Wildman–Crippen LogP) is 2.64. The number of carbonyl (C=O) groups is 1. The van der Waals surface area contributed by atoms with Crippen LogP contribution in [0.4, 0.5) is 0 Å². The molecule has 8 nitrogen and oxygen atoms in total. The van der Waals surface area contributed by atoms with E-state index in [-0.39, 0.29) is 17.7 Å². The number of H-pyrrole nitrogens is 2. The fourth-order valence-corrected chi connectivity index (χ4v) is 4.03. The lowest BCUT2D eigenvalue weighted by Gasteiger charge is -2.17. The Balaban J connectivity index is 1.73. The molecule has 162 valence electrons. The molecule has 2 aromatic carbocycles. The second-order valence-corrected chi connectivity index (χ2v) is 7.45. The van der Waals surface area contributed by atoms with Gasteiger partial charge in [-0.2, -0.15) is 0 Å². The van der Waals surface area contributed by atoms with Gasteiger partial charge in [-0.05, 0) is 34.9 Å². The highest BCUT2D eigenvalue weighted by atomic mass is 16.5. The van der Waals surface area contributed by atoms with Crippen LogP contribution in [0.25, 0.3) is 0 Å². The van der Waals surface area contributed by atoms with Gasteiger partial charge in [-0.1, -0.05) is 18.2 Å². The van der Waals surface area contributed by atoms with Crippen molar-refractivity contribution in [1.29, 1.82) is 0 Å². The van der Waals surface area contributed by atoms with Crippen LogP contribution in [0, 0.1) is 0 Å². The first-order valence-electron chi connectivity index (χ1n) is 9.98. The fourth-order valence-electron chi connectivity index (χ4n) is 4.03. The molecule has 1 aromatic heterocycles. The van der Waals surface area contributed by atoms with Crippen molar-refractivity contribution in [3.05, 3.63) is 74.7 Å². The number of ether oxygens (including phenoxy) is 3. The molecule has 1 aliphatic heterocycles. The summed E-state index contributed by atoms with van der Waals surface area (Å²) in [6, 6.07) is 10.8. The number of carbonyl (C=O) groups excluding carboxylic acids is 1. The van der Waals surface area contributed by atoms with Gasteiger partial charge in [0.15, 0.2) is 11.5 Å². The van der Waals surface area contributed by atoms with Gasteiger partial charge in [0, 0.05) is 30.0 Å². The molecule has 0 spiro atoms. The molecule has 0 aliphatic carbocycles. The molecule has 1 atom stereocenters. The van der Waals surface area contributed by atoms with Crippen molar-refractivity contribution in [2.45, 2.75) is 25.2 Å². The minimum absolute atomic E-state index is 0.0474. The van der Waals surface area contributed by atoms with E-state index in [2.05, 4.69) is 16.3 Å². The molecule has 0 bridgehead atoms. The van der Waals surface area contributed by atoms with Gasteiger partial charge < -0.3 is 24.4 Å². The van der Waals surface area contributed by atoms with Crippen molar-refractivity contribution in [2.75, 3.05) is 20.8 Å². The second kappa shape index (κ2) is 8.59. The second-order valence-electron chi connectivity index (χ2n) is 7.45. The van der Waals surface area contributed by atoms with Crippen molar-refractivity contribution >= 4 is 5.97 Å². The zero-order valence-corrected chi connectivity index (χ0v) is 17.4. The van der Waals surface area contributed by atoms with Crippen LogP contribution < -0.4 is 15.0 Å². The molecule has 2 heterocycles. The van der Waals surface area contributed by atoms with Crippen LogP contribution in [0.5, 0.6) is 17.2 Å². The van der Waals surface area contributed by atoms with Crippen molar-refractivity contribution in [3.8, 4) is 17.2 Å². The van der Waals surface area contributed by atoms with Crippen LogP contribution in [0.2, 0.25) is 0 Å². The van der Waals surface area contributed by atoms with E-state index in [4.69, 9.17) is 14.2 Å². The standard InChI is InChI=1S/C23H24N2O6/c1-29-20-6-4-14(11-18(20)26)16(12-21(27)30-2)22-17(24-25-23(22)28)10-13-3-5-19-15(9-13)7-8-31-19/h3-6,9,11,16,26H,7-8,10,12H2,1-2H3,(H2,24,25,28)/t16-/m1/s1. The summed E-state index contributed by atoms with van der Waals surface area (Å²) >= 11 is 0. The van der Waals surface area contributed by atoms with E-state index in [0.29, 0.717) is 35.6 Å². The van der Waals surface area contributed by atoms with Crippen LogP contribution >= 0.6 is 0 Å². The molecule has 4 rings (SSSR count). The molecule has 3 aromatic rings. The number of hydrogen-bond acceptors (Lipinski definition) is 6. The number of methoxy groups -OCH3 is 2. The Morgan fingerprint density at radius 2 is 2.03 bits per heavy atom. The predicted molar refractivity (Wildman–Crippen MR) is 113 cm³/mol. The number of aromatic amines is 2. The Morgan fingerprint density at radius 3 is 2.77 bits per heavy atom. The topological polar surface area (TPSA) is 114 Å². The van der Waals surface area contributed by atoms with Crippen LogP contribution in [-0.2, 0) is 22.4 Å². The fraction of sp³-hybridized carbons (Fsp3) is 0.304. The average molecular weight is 424 g/mol. The van der Waals surface area contributed by atoms with Gasteiger partial charge in [0.25, 0.3) is 5.56 Å². The molecule has 0 unspecified atom stereocenters. The van der Waals surface area contributed by atoms with E-state index in [1.54, 1.807) is 12.1 Å². The summed E-state index contributed by atoms with van der Waals surface area (Å²) in [5.41, 5.74) is 3.57. The van der Waals surface area contributed by atoms with E-state index >= 15 is 0 Å². The molecule has 1 aliphatic rings. The van der Waals surface area contributed by atoms with Crippen LogP contribution in [0.3, 0.4) is 0 Å². The number of aromatic nitrogens is 2. The Kier molecular flexibility index (Phi) is 5.70. The smallest absolute Gasteiger partial charge is 0.306 e. The van der Waals surface area contributed by atoms with E-state index in [0.717, 1.165) is 23.3 Å². The first-order valence-corrected chi connectivity index (χ1v) is 9.98. The largest absolute Gasteiger partial charge is 0.504 e. The van der Waals surface area contributed by atoms with Crippen molar-refractivity contribution in [2.24, 2.45) is 0 Å². The quantitative estimate of drug-likeness (QED) is 0.503. The molecule has 31 heavy (non-hydrogen) atoms. The number of rotatable bonds is 7. The van der Waals surface area contributed by atoms with Crippen LogP contribution in [0.15, 0.2) is 41.2 Å². The minimum atomic E-state index is -0.605. The van der Waals surface area contributed by atoms with Crippen molar-refractivity contribution in [3.63, 3.8) is 0 Å². The third kappa shape index (κ3) is 4.14.